The van der Waals surface area contributed by atoms with Gasteiger partial charge in [-0.1, -0.05) is 12.1 Å². The van der Waals surface area contributed by atoms with Crippen molar-refractivity contribution in [3.8, 4) is 0 Å². The van der Waals surface area contributed by atoms with Gasteiger partial charge in [0.2, 0.25) is 0 Å². The molecule has 0 saturated carbocycles. The van der Waals surface area contributed by atoms with E-state index in [-0.39, 0.29) is 6.42 Å². The van der Waals surface area contributed by atoms with Gasteiger partial charge in [0.1, 0.15) is 12.2 Å². The Labute approximate surface area is 93.8 Å². The standard InChI is InChI=1S/C11H17NO4/c12-8-3-1-7(2-4-8)5-9(14)11(16)10(15)6-13/h1-4,9-11,13-16H,5-6,12H2/t9-,10+,11-/m0/s1. The predicted molar refractivity (Wildman–Crippen MR) is 59.7 cm³/mol. The Morgan fingerprint density at radius 1 is 1.00 bits per heavy atom. The summed E-state index contributed by atoms with van der Waals surface area (Å²) in [5.41, 5.74) is 6.92. The van der Waals surface area contributed by atoms with Crippen molar-refractivity contribution in [1.82, 2.24) is 0 Å². The maximum Gasteiger partial charge on any atom is 0.108 e. The minimum Gasteiger partial charge on any atom is -0.399 e. The fraction of sp³-hybridized carbons (Fsp3) is 0.455. The molecule has 16 heavy (non-hydrogen) atoms. The topological polar surface area (TPSA) is 107 Å². The summed E-state index contributed by atoms with van der Waals surface area (Å²) in [6.07, 6.45) is -3.62. The summed E-state index contributed by atoms with van der Waals surface area (Å²) >= 11 is 0. The Morgan fingerprint density at radius 2 is 1.56 bits per heavy atom. The van der Waals surface area contributed by atoms with Crippen LogP contribution < -0.4 is 5.73 Å². The van der Waals surface area contributed by atoms with Crippen LogP contribution in [0.25, 0.3) is 0 Å². The molecule has 5 heteroatoms. The molecule has 0 aromatic heterocycles. The molecule has 0 bridgehead atoms. The van der Waals surface area contributed by atoms with Crippen LogP contribution in [0.3, 0.4) is 0 Å². The molecular weight excluding hydrogens is 210 g/mol. The summed E-state index contributed by atoms with van der Waals surface area (Å²) in [6.45, 7) is -0.583. The zero-order valence-corrected chi connectivity index (χ0v) is 8.82. The van der Waals surface area contributed by atoms with Gasteiger partial charge in [-0.2, -0.15) is 0 Å². The monoisotopic (exact) mass is 227 g/mol. The molecule has 1 aromatic carbocycles. The molecule has 0 radical (unpaired) electrons. The van der Waals surface area contributed by atoms with Crippen LogP contribution in [0.1, 0.15) is 5.56 Å². The molecule has 0 heterocycles. The Bertz CT molecular complexity index is 314. The molecule has 0 saturated heterocycles. The number of hydrogen-bond acceptors (Lipinski definition) is 5. The van der Waals surface area contributed by atoms with Gasteiger partial charge in [0.15, 0.2) is 0 Å². The first kappa shape index (κ1) is 12.9. The van der Waals surface area contributed by atoms with Gasteiger partial charge in [-0.25, -0.2) is 0 Å². The van der Waals surface area contributed by atoms with Crippen LogP contribution in [-0.4, -0.2) is 45.3 Å². The van der Waals surface area contributed by atoms with E-state index in [1.165, 1.54) is 0 Å². The first-order chi connectivity index (χ1) is 7.54. The fourth-order valence-corrected chi connectivity index (χ4v) is 1.38. The van der Waals surface area contributed by atoms with E-state index in [4.69, 9.17) is 15.9 Å². The van der Waals surface area contributed by atoms with Gasteiger partial charge < -0.3 is 26.2 Å². The van der Waals surface area contributed by atoms with Crippen molar-refractivity contribution < 1.29 is 20.4 Å². The number of anilines is 1. The predicted octanol–water partition coefficient (Wildman–Crippen LogP) is -1.11. The van der Waals surface area contributed by atoms with E-state index < -0.39 is 24.9 Å². The Kier molecular flexibility index (Phi) is 4.70. The van der Waals surface area contributed by atoms with Crippen molar-refractivity contribution in [2.75, 3.05) is 12.3 Å². The average molecular weight is 227 g/mol. The second-order valence-corrected chi connectivity index (χ2v) is 3.75. The van der Waals surface area contributed by atoms with Gasteiger partial charge in [-0.15, -0.1) is 0 Å². The van der Waals surface area contributed by atoms with E-state index in [1.807, 2.05) is 0 Å². The normalized spacial score (nSPS) is 16.8. The van der Waals surface area contributed by atoms with E-state index in [0.29, 0.717) is 5.69 Å². The molecule has 0 unspecified atom stereocenters. The molecule has 90 valence electrons. The lowest BCUT2D eigenvalue weighted by molar-refractivity contribution is -0.0755. The first-order valence-electron chi connectivity index (χ1n) is 5.04. The fourth-order valence-electron chi connectivity index (χ4n) is 1.38. The summed E-state index contributed by atoms with van der Waals surface area (Å²) in [5.74, 6) is 0. The molecule has 5 nitrogen and oxygen atoms in total. The number of benzene rings is 1. The van der Waals surface area contributed by atoms with Crippen LogP contribution in [0, 0.1) is 0 Å². The number of hydrogen-bond donors (Lipinski definition) is 5. The first-order valence-corrected chi connectivity index (χ1v) is 5.04. The van der Waals surface area contributed by atoms with Crippen molar-refractivity contribution in [2.45, 2.75) is 24.7 Å². The number of aliphatic hydroxyl groups is 4. The van der Waals surface area contributed by atoms with Gasteiger partial charge in [0, 0.05) is 12.1 Å². The van der Waals surface area contributed by atoms with Crippen LogP contribution in [0.15, 0.2) is 24.3 Å². The minimum atomic E-state index is -1.36. The average Bonchev–Trinajstić information content (AvgIpc) is 2.30. The molecule has 1 rings (SSSR count). The van der Waals surface area contributed by atoms with Crippen LogP contribution in [0.5, 0.6) is 0 Å². The molecule has 0 spiro atoms. The smallest absolute Gasteiger partial charge is 0.108 e. The van der Waals surface area contributed by atoms with Crippen LogP contribution in [0.2, 0.25) is 0 Å². The van der Waals surface area contributed by atoms with E-state index in [9.17, 15) is 10.2 Å². The SMILES string of the molecule is Nc1ccc(C[C@H](O)[C@H](O)[C@H](O)CO)cc1. The van der Waals surface area contributed by atoms with Crippen molar-refractivity contribution in [3.05, 3.63) is 29.8 Å². The zero-order valence-electron chi connectivity index (χ0n) is 8.82. The third kappa shape index (κ3) is 3.46. The molecule has 0 aliphatic heterocycles. The third-order valence-electron chi connectivity index (χ3n) is 2.40. The summed E-state index contributed by atoms with van der Waals surface area (Å²) < 4.78 is 0. The number of aliphatic hydroxyl groups excluding tert-OH is 4. The molecular formula is C11H17NO4. The summed E-state index contributed by atoms with van der Waals surface area (Å²) in [6, 6.07) is 6.85. The zero-order chi connectivity index (χ0) is 12.1. The van der Waals surface area contributed by atoms with Gasteiger partial charge >= 0.3 is 0 Å². The lowest BCUT2D eigenvalue weighted by Gasteiger charge is -2.21. The highest BCUT2D eigenvalue weighted by Crippen LogP contribution is 2.11. The van der Waals surface area contributed by atoms with Crippen molar-refractivity contribution in [2.24, 2.45) is 0 Å². The largest absolute Gasteiger partial charge is 0.399 e. The maximum atomic E-state index is 9.59. The summed E-state index contributed by atoms with van der Waals surface area (Å²) in [7, 11) is 0. The number of nitrogen functional groups attached to an aromatic ring is 1. The van der Waals surface area contributed by atoms with E-state index in [0.717, 1.165) is 5.56 Å². The van der Waals surface area contributed by atoms with Crippen molar-refractivity contribution in [3.63, 3.8) is 0 Å². The van der Waals surface area contributed by atoms with Gasteiger partial charge in [0.25, 0.3) is 0 Å². The molecule has 0 amide bonds. The van der Waals surface area contributed by atoms with Crippen LogP contribution in [0.4, 0.5) is 5.69 Å². The highest BCUT2D eigenvalue weighted by atomic mass is 16.4. The lowest BCUT2D eigenvalue weighted by atomic mass is 10.0. The maximum absolute atomic E-state index is 9.59. The second kappa shape index (κ2) is 5.81. The van der Waals surface area contributed by atoms with E-state index >= 15 is 0 Å². The van der Waals surface area contributed by atoms with E-state index in [1.54, 1.807) is 24.3 Å². The Balaban J connectivity index is 2.56. The van der Waals surface area contributed by atoms with E-state index in [2.05, 4.69) is 0 Å². The highest BCUT2D eigenvalue weighted by Gasteiger charge is 2.23. The quantitative estimate of drug-likeness (QED) is 0.410. The van der Waals surface area contributed by atoms with Crippen LogP contribution >= 0.6 is 0 Å². The molecule has 6 N–H and O–H groups in total. The Morgan fingerprint density at radius 3 is 2.06 bits per heavy atom. The highest BCUT2D eigenvalue weighted by molar-refractivity contribution is 5.39. The number of nitrogens with two attached hydrogens (primary N) is 1. The van der Waals surface area contributed by atoms with Gasteiger partial charge in [-0.3, -0.25) is 0 Å². The third-order valence-corrected chi connectivity index (χ3v) is 2.40. The van der Waals surface area contributed by atoms with Gasteiger partial charge in [-0.05, 0) is 17.7 Å². The summed E-state index contributed by atoms with van der Waals surface area (Å²) in [5, 5.41) is 36.8. The number of rotatable bonds is 5. The second-order valence-electron chi connectivity index (χ2n) is 3.75. The molecule has 0 aliphatic carbocycles. The van der Waals surface area contributed by atoms with Crippen molar-refractivity contribution >= 4 is 5.69 Å². The van der Waals surface area contributed by atoms with Crippen LogP contribution in [-0.2, 0) is 6.42 Å². The summed E-state index contributed by atoms with van der Waals surface area (Å²) in [4.78, 5) is 0. The minimum absolute atomic E-state index is 0.193. The van der Waals surface area contributed by atoms with Crippen molar-refractivity contribution in [1.29, 1.82) is 0 Å². The Hall–Kier alpha value is -1.14. The molecule has 0 fully saturated rings. The molecule has 3 atom stereocenters. The molecule has 0 aliphatic rings. The van der Waals surface area contributed by atoms with Gasteiger partial charge in [0.05, 0.1) is 12.7 Å². The lowest BCUT2D eigenvalue weighted by Crippen LogP contribution is -2.40. The molecule has 1 aromatic rings.